The first-order valence-electron chi connectivity index (χ1n) is 11.1. The summed E-state index contributed by atoms with van der Waals surface area (Å²) < 4.78 is 10.9. The summed E-state index contributed by atoms with van der Waals surface area (Å²) in [4.78, 5) is 21.9. The molecule has 0 aliphatic heterocycles. The van der Waals surface area contributed by atoms with Crippen LogP contribution in [0.1, 0.15) is 33.1 Å². The van der Waals surface area contributed by atoms with Gasteiger partial charge in [0.25, 0.3) is 11.6 Å². The Balaban J connectivity index is 1.31. The van der Waals surface area contributed by atoms with Crippen LogP contribution < -0.4 is 0 Å². The van der Waals surface area contributed by atoms with E-state index in [1.165, 1.54) is 4.88 Å². The minimum atomic E-state index is -0.0872. The number of amides is 1. The van der Waals surface area contributed by atoms with Gasteiger partial charge in [-0.05, 0) is 38.5 Å². The normalized spacial score (nSPS) is 11.3. The predicted octanol–water partition coefficient (Wildman–Crippen LogP) is 5.93. The Morgan fingerprint density at radius 2 is 1.82 bits per heavy atom. The van der Waals surface area contributed by atoms with Crippen LogP contribution in [0.25, 0.3) is 32.9 Å². The lowest BCUT2D eigenvalue weighted by molar-refractivity contribution is 0.0794. The van der Waals surface area contributed by atoms with Crippen molar-refractivity contribution in [2.24, 2.45) is 0 Å². The molecule has 0 spiro atoms. The number of hydrogen-bond acceptors (Lipinski definition) is 7. The molecule has 8 heteroatoms. The number of nitrogens with zero attached hydrogens (tertiary/aromatic N) is 4. The zero-order chi connectivity index (χ0) is 23.7. The van der Waals surface area contributed by atoms with Crippen LogP contribution in [0.15, 0.2) is 63.6 Å². The molecular weight excluding hydrogens is 448 g/mol. The Kier molecular flexibility index (Phi) is 5.98. The van der Waals surface area contributed by atoms with E-state index in [0.29, 0.717) is 41.0 Å². The number of aryl methyl sites for hydroxylation is 3. The van der Waals surface area contributed by atoms with E-state index in [-0.39, 0.29) is 5.91 Å². The zero-order valence-electron chi connectivity index (χ0n) is 19.2. The van der Waals surface area contributed by atoms with Crippen molar-refractivity contribution in [2.75, 3.05) is 13.6 Å². The standard InChI is InChI=1S/C26H24N4O3S/c1-16-11-12-23(34-16)22-15-20(24-17(2)28-33-25(24)27-22)26(31)30(3)13-7-10-19-14-21(29-32-19)18-8-5-4-6-9-18/h4-6,8-9,11-12,14-15H,7,10,13H2,1-3H3. The number of rotatable bonds is 7. The number of carbonyl (C=O) groups is 1. The van der Waals surface area contributed by atoms with Crippen molar-refractivity contribution in [2.45, 2.75) is 26.7 Å². The van der Waals surface area contributed by atoms with Gasteiger partial charge in [-0.1, -0.05) is 40.6 Å². The minimum Gasteiger partial charge on any atom is -0.361 e. The van der Waals surface area contributed by atoms with Crippen LogP contribution in [0.2, 0.25) is 0 Å². The first kappa shape index (κ1) is 22.0. The number of benzene rings is 1. The number of hydrogen-bond donors (Lipinski definition) is 0. The topological polar surface area (TPSA) is 85.3 Å². The van der Waals surface area contributed by atoms with Crippen molar-refractivity contribution < 1.29 is 13.8 Å². The van der Waals surface area contributed by atoms with Crippen LogP contribution in [0.3, 0.4) is 0 Å². The molecular formula is C26H24N4O3S. The molecule has 0 saturated heterocycles. The van der Waals surface area contributed by atoms with Gasteiger partial charge in [0.1, 0.15) is 11.5 Å². The maximum atomic E-state index is 13.4. The summed E-state index contributed by atoms with van der Waals surface area (Å²) in [6, 6.07) is 17.8. The molecule has 0 bridgehead atoms. The number of thiophene rings is 1. The molecule has 0 saturated carbocycles. The summed E-state index contributed by atoms with van der Waals surface area (Å²) in [7, 11) is 1.81. The van der Waals surface area contributed by atoms with Gasteiger partial charge in [0.15, 0.2) is 0 Å². The quantitative estimate of drug-likeness (QED) is 0.292. The van der Waals surface area contributed by atoms with E-state index in [9.17, 15) is 4.79 Å². The second-order valence-electron chi connectivity index (χ2n) is 8.29. The zero-order valence-corrected chi connectivity index (χ0v) is 20.1. The number of aromatic nitrogens is 3. The Morgan fingerprint density at radius 1 is 1.00 bits per heavy atom. The van der Waals surface area contributed by atoms with Crippen LogP contribution in [0, 0.1) is 13.8 Å². The fraction of sp³-hybridized carbons (Fsp3) is 0.231. The highest BCUT2D eigenvalue weighted by Gasteiger charge is 2.22. The average molecular weight is 473 g/mol. The summed E-state index contributed by atoms with van der Waals surface area (Å²) in [5.41, 5.74) is 4.15. The van der Waals surface area contributed by atoms with Gasteiger partial charge in [0, 0.05) is 36.5 Å². The summed E-state index contributed by atoms with van der Waals surface area (Å²) in [6.07, 6.45) is 1.44. The van der Waals surface area contributed by atoms with Crippen LogP contribution >= 0.6 is 11.3 Å². The van der Waals surface area contributed by atoms with E-state index in [0.717, 1.165) is 28.3 Å². The van der Waals surface area contributed by atoms with Gasteiger partial charge in [0.05, 0.1) is 27.2 Å². The first-order valence-corrected chi connectivity index (χ1v) is 11.9. The molecule has 0 aliphatic rings. The summed E-state index contributed by atoms with van der Waals surface area (Å²) in [6.45, 7) is 4.44. The van der Waals surface area contributed by atoms with Crippen molar-refractivity contribution in [1.82, 2.24) is 20.2 Å². The molecule has 7 nitrogen and oxygen atoms in total. The smallest absolute Gasteiger partial charge is 0.259 e. The molecule has 34 heavy (non-hydrogen) atoms. The monoisotopic (exact) mass is 472 g/mol. The van der Waals surface area contributed by atoms with Crippen molar-refractivity contribution in [1.29, 1.82) is 0 Å². The van der Waals surface area contributed by atoms with E-state index in [2.05, 4.69) is 15.3 Å². The van der Waals surface area contributed by atoms with E-state index < -0.39 is 0 Å². The van der Waals surface area contributed by atoms with Crippen LogP contribution in [-0.2, 0) is 6.42 Å². The Hall–Kier alpha value is -3.78. The van der Waals surface area contributed by atoms with Crippen molar-refractivity contribution >= 4 is 28.3 Å². The number of fused-ring (bicyclic) bond motifs is 1. The van der Waals surface area contributed by atoms with E-state index in [1.54, 1.807) is 16.2 Å². The van der Waals surface area contributed by atoms with Gasteiger partial charge in [-0.2, -0.15) is 0 Å². The van der Waals surface area contributed by atoms with Gasteiger partial charge in [-0.3, -0.25) is 4.79 Å². The molecule has 1 aromatic carbocycles. The van der Waals surface area contributed by atoms with Crippen LogP contribution in [0.5, 0.6) is 0 Å². The fourth-order valence-electron chi connectivity index (χ4n) is 3.94. The lowest BCUT2D eigenvalue weighted by Gasteiger charge is -2.17. The average Bonchev–Trinajstić information content (AvgIpc) is 3.59. The largest absolute Gasteiger partial charge is 0.361 e. The molecule has 5 rings (SSSR count). The van der Waals surface area contributed by atoms with Gasteiger partial charge in [-0.15, -0.1) is 11.3 Å². The molecule has 0 unspecified atom stereocenters. The van der Waals surface area contributed by atoms with Crippen molar-refractivity contribution in [3.05, 3.63) is 76.5 Å². The molecule has 4 aromatic heterocycles. The van der Waals surface area contributed by atoms with Gasteiger partial charge < -0.3 is 13.9 Å². The molecule has 0 fully saturated rings. The van der Waals surface area contributed by atoms with Crippen molar-refractivity contribution in [3.63, 3.8) is 0 Å². The Morgan fingerprint density at radius 3 is 2.59 bits per heavy atom. The van der Waals surface area contributed by atoms with Crippen molar-refractivity contribution in [3.8, 4) is 21.8 Å². The molecule has 4 heterocycles. The number of carbonyl (C=O) groups excluding carboxylic acids is 1. The second kappa shape index (κ2) is 9.23. The summed E-state index contributed by atoms with van der Waals surface area (Å²) >= 11 is 1.63. The fourth-order valence-corrected chi connectivity index (χ4v) is 4.76. The number of pyridine rings is 1. The highest BCUT2D eigenvalue weighted by molar-refractivity contribution is 7.15. The highest BCUT2D eigenvalue weighted by Crippen LogP contribution is 2.31. The second-order valence-corrected chi connectivity index (χ2v) is 9.58. The lowest BCUT2D eigenvalue weighted by atomic mass is 10.1. The first-order chi connectivity index (χ1) is 16.5. The maximum absolute atomic E-state index is 13.4. The van der Waals surface area contributed by atoms with Gasteiger partial charge >= 0.3 is 0 Å². The highest BCUT2D eigenvalue weighted by atomic mass is 32.1. The molecule has 172 valence electrons. The molecule has 0 N–H and O–H groups in total. The van der Waals surface area contributed by atoms with Gasteiger partial charge in [0.2, 0.25) is 0 Å². The Labute approximate surface area is 201 Å². The SMILES string of the molecule is Cc1ccc(-c2cc(C(=O)N(C)CCCc3cc(-c4ccccc4)no3)c3c(C)noc3n2)s1. The van der Waals surface area contributed by atoms with Gasteiger partial charge in [-0.25, -0.2) is 4.98 Å². The third-order valence-corrected chi connectivity index (χ3v) is 6.76. The Bertz CT molecular complexity index is 1450. The maximum Gasteiger partial charge on any atom is 0.259 e. The third kappa shape index (κ3) is 4.36. The van der Waals surface area contributed by atoms with Crippen LogP contribution in [0.4, 0.5) is 0 Å². The third-order valence-electron chi connectivity index (χ3n) is 5.73. The van der Waals surface area contributed by atoms with Crippen LogP contribution in [-0.4, -0.2) is 39.7 Å². The summed E-state index contributed by atoms with van der Waals surface area (Å²) in [5.74, 6) is 0.715. The van der Waals surface area contributed by atoms with E-state index in [1.807, 2.05) is 75.5 Å². The molecule has 1 amide bonds. The van der Waals surface area contributed by atoms with E-state index >= 15 is 0 Å². The van der Waals surface area contributed by atoms with E-state index in [4.69, 9.17) is 9.05 Å². The molecule has 0 atom stereocenters. The lowest BCUT2D eigenvalue weighted by Crippen LogP contribution is -2.28. The molecule has 5 aromatic rings. The molecule has 0 radical (unpaired) electrons. The minimum absolute atomic E-state index is 0.0872. The summed E-state index contributed by atoms with van der Waals surface area (Å²) in [5, 5.41) is 8.87. The predicted molar refractivity (Wildman–Crippen MR) is 132 cm³/mol. The molecule has 0 aliphatic carbocycles.